The van der Waals surface area contributed by atoms with Gasteiger partial charge in [-0.1, -0.05) is 19.7 Å². The Morgan fingerprint density at radius 3 is 1.64 bits per heavy atom. The zero-order valence-corrected chi connectivity index (χ0v) is 13.9. The lowest BCUT2D eigenvalue weighted by molar-refractivity contribution is -0.138. The van der Waals surface area contributed by atoms with Crippen LogP contribution in [-0.4, -0.2) is 68.9 Å². The van der Waals surface area contributed by atoms with Crippen molar-refractivity contribution in [2.45, 2.75) is 0 Å². The molecule has 0 aliphatic heterocycles. The first kappa shape index (κ1) is 24.6. The van der Waals surface area contributed by atoms with Crippen molar-refractivity contribution in [3.8, 4) is 0 Å². The van der Waals surface area contributed by atoms with Gasteiger partial charge in [-0.3, -0.25) is 9.59 Å². The van der Waals surface area contributed by atoms with Crippen LogP contribution in [0.2, 0.25) is 0 Å². The van der Waals surface area contributed by atoms with E-state index in [1.54, 1.807) is 14.1 Å². The molecule has 2 amide bonds. The largest absolute Gasteiger partial charge is 0.461 e. The minimum Gasteiger partial charge on any atom is -0.461 e. The van der Waals surface area contributed by atoms with E-state index in [1.165, 1.54) is 11.0 Å². The Morgan fingerprint density at radius 2 is 1.45 bits per heavy atom. The second kappa shape index (κ2) is 16.6. The molecule has 0 fully saturated rings. The smallest absolute Gasteiger partial charge is 0.330 e. The van der Waals surface area contributed by atoms with Gasteiger partial charge in [-0.25, -0.2) is 4.79 Å². The quantitative estimate of drug-likeness (QED) is 0.558. The van der Waals surface area contributed by atoms with Crippen LogP contribution >= 0.6 is 0 Å². The Balaban J connectivity index is -0.000000263. The van der Waals surface area contributed by atoms with E-state index in [9.17, 15) is 14.4 Å². The van der Waals surface area contributed by atoms with Crippen molar-refractivity contribution in [2.75, 3.05) is 41.3 Å². The fourth-order valence-electron chi connectivity index (χ4n) is 0.570. The number of rotatable bonds is 6. The number of hydrogen-bond acceptors (Lipinski definition) is 5. The third-order valence-electron chi connectivity index (χ3n) is 1.77. The molecule has 0 saturated carbocycles. The summed E-state index contributed by atoms with van der Waals surface area (Å²) in [5.74, 6) is -0.896. The molecule has 0 rings (SSSR count). The number of nitrogens with zero attached hydrogens (tertiary/aromatic N) is 2. The number of primary amides is 1. The van der Waals surface area contributed by atoms with Crippen molar-refractivity contribution in [2.24, 2.45) is 5.73 Å². The highest BCUT2D eigenvalue weighted by Crippen LogP contribution is 1.80. The van der Waals surface area contributed by atoms with Crippen LogP contribution in [0, 0.1) is 0 Å². The molecule has 0 atom stereocenters. The number of likely N-dealkylation sites (N-methyl/N-ethyl adjacent to an activating group) is 2. The van der Waals surface area contributed by atoms with Crippen molar-refractivity contribution in [1.82, 2.24) is 9.80 Å². The van der Waals surface area contributed by atoms with Gasteiger partial charge in [-0.05, 0) is 26.2 Å². The van der Waals surface area contributed by atoms with Crippen LogP contribution in [0.1, 0.15) is 0 Å². The van der Waals surface area contributed by atoms with Gasteiger partial charge in [-0.2, -0.15) is 0 Å². The lowest BCUT2D eigenvalue weighted by Crippen LogP contribution is -2.19. The molecule has 0 aromatic heterocycles. The summed E-state index contributed by atoms with van der Waals surface area (Å²) in [5, 5.41) is 0. The maximum atomic E-state index is 10.4. The van der Waals surface area contributed by atoms with Crippen molar-refractivity contribution in [1.29, 1.82) is 0 Å². The van der Waals surface area contributed by atoms with Gasteiger partial charge in [0, 0.05) is 26.7 Å². The molecule has 0 aliphatic carbocycles. The van der Waals surface area contributed by atoms with Crippen molar-refractivity contribution in [3.63, 3.8) is 0 Å². The van der Waals surface area contributed by atoms with Crippen LogP contribution in [0.3, 0.4) is 0 Å². The molecule has 0 radical (unpaired) electrons. The molecule has 0 aromatic rings. The highest BCUT2D eigenvalue weighted by atomic mass is 16.5. The number of esters is 1. The van der Waals surface area contributed by atoms with Crippen LogP contribution in [0.25, 0.3) is 0 Å². The average Bonchev–Trinajstić information content (AvgIpc) is 2.46. The van der Waals surface area contributed by atoms with Gasteiger partial charge in [0.2, 0.25) is 11.8 Å². The van der Waals surface area contributed by atoms with E-state index in [0.717, 1.165) is 18.7 Å². The van der Waals surface area contributed by atoms with Crippen molar-refractivity contribution < 1.29 is 19.1 Å². The zero-order valence-electron chi connectivity index (χ0n) is 13.9. The van der Waals surface area contributed by atoms with E-state index in [0.29, 0.717) is 6.61 Å². The van der Waals surface area contributed by atoms with Crippen molar-refractivity contribution in [3.05, 3.63) is 38.0 Å². The normalized spacial score (nSPS) is 8.23. The molecule has 7 heteroatoms. The van der Waals surface area contributed by atoms with E-state index in [1.807, 2.05) is 19.0 Å². The molecule has 0 aliphatic rings. The highest BCUT2D eigenvalue weighted by Gasteiger charge is 1.94. The third-order valence-corrected chi connectivity index (χ3v) is 1.77. The minimum absolute atomic E-state index is 0.0556. The maximum Gasteiger partial charge on any atom is 0.330 e. The van der Waals surface area contributed by atoms with Crippen LogP contribution in [0.15, 0.2) is 38.0 Å². The standard InChI is InChI=1S/C7H13NO2.C5H9NO.C3H5NO/c1-4-7(9)10-6-5-8(2)3;1-4-5(7)6(2)3;1-2-3(4)5/h4H,1,5-6H2,2-3H3;4H,1H2,2-3H3;2H,1H2,(H2,4,5). The molecule has 126 valence electrons. The number of ether oxygens (including phenoxy) is 1. The first-order valence-corrected chi connectivity index (χ1v) is 6.31. The fourth-order valence-corrected chi connectivity index (χ4v) is 0.570. The van der Waals surface area contributed by atoms with E-state index in [-0.39, 0.29) is 11.9 Å². The molecule has 22 heavy (non-hydrogen) atoms. The number of carbonyl (C=O) groups is 3. The van der Waals surface area contributed by atoms with Gasteiger partial charge >= 0.3 is 5.97 Å². The number of carbonyl (C=O) groups excluding carboxylic acids is 3. The summed E-state index contributed by atoms with van der Waals surface area (Å²) in [6.07, 6.45) is 3.50. The van der Waals surface area contributed by atoms with Gasteiger partial charge in [0.15, 0.2) is 0 Å². The van der Waals surface area contributed by atoms with E-state index < -0.39 is 5.91 Å². The topological polar surface area (TPSA) is 92.9 Å². The van der Waals surface area contributed by atoms with Crippen LogP contribution in [-0.2, 0) is 19.1 Å². The van der Waals surface area contributed by atoms with Crippen LogP contribution in [0.4, 0.5) is 0 Å². The summed E-state index contributed by atoms with van der Waals surface area (Å²) >= 11 is 0. The molecule has 0 bridgehead atoms. The maximum absolute atomic E-state index is 10.4. The predicted octanol–water partition coefficient (Wildman–Crippen LogP) is 0.196. The summed E-state index contributed by atoms with van der Waals surface area (Å²) in [5.41, 5.74) is 4.53. The molecule has 0 spiro atoms. The second-order valence-corrected chi connectivity index (χ2v) is 4.22. The molecule has 0 saturated heterocycles. The number of hydrogen-bond donors (Lipinski definition) is 1. The zero-order chi connectivity index (χ0) is 18.1. The predicted molar refractivity (Wildman–Crippen MR) is 88.0 cm³/mol. The van der Waals surface area contributed by atoms with Crippen LogP contribution in [0.5, 0.6) is 0 Å². The summed E-state index contributed by atoms with van der Waals surface area (Å²) in [6.45, 7) is 10.8. The monoisotopic (exact) mass is 313 g/mol. The molecule has 0 aromatic carbocycles. The number of amides is 2. The molecule has 0 heterocycles. The third kappa shape index (κ3) is 26.2. The van der Waals surface area contributed by atoms with E-state index in [2.05, 4.69) is 25.5 Å². The first-order chi connectivity index (χ1) is 10.1. The lowest BCUT2D eigenvalue weighted by Gasteiger charge is -2.07. The van der Waals surface area contributed by atoms with Gasteiger partial charge in [-0.15, -0.1) is 0 Å². The highest BCUT2D eigenvalue weighted by molar-refractivity contribution is 5.86. The Morgan fingerprint density at radius 1 is 1.00 bits per heavy atom. The van der Waals surface area contributed by atoms with Gasteiger partial charge in [0.1, 0.15) is 6.61 Å². The molecule has 0 unspecified atom stereocenters. The van der Waals surface area contributed by atoms with Gasteiger partial charge in [0.25, 0.3) is 0 Å². The lowest BCUT2D eigenvalue weighted by atomic mass is 10.5. The van der Waals surface area contributed by atoms with Crippen LogP contribution < -0.4 is 5.73 Å². The summed E-state index contributed by atoms with van der Waals surface area (Å²) < 4.78 is 4.70. The second-order valence-electron chi connectivity index (χ2n) is 4.22. The van der Waals surface area contributed by atoms with E-state index in [4.69, 9.17) is 4.74 Å². The summed E-state index contributed by atoms with van der Waals surface area (Å²) in [6, 6.07) is 0. The average molecular weight is 313 g/mol. The summed E-state index contributed by atoms with van der Waals surface area (Å²) in [7, 11) is 7.21. The fraction of sp³-hybridized carbons (Fsp3) is 0.400. The molecule has 7 nitrogen and oxygen atoms in total. The van der Waals surface area contributed by atoms with Crippen molar-refractivity contribution >= 4 is 17.8 Å². The van der Waals surface area contributed by atoms with Gasteiger partial charge < -0.3 is 20.3 Å². The van der Waals surface area contributed by atoms with E-state index >= 15 is 0 Å². The Labute approximate surface area is 132 Å². The Bertz CT molecular complexity index is 377. The summed E-state index contributed by atoms with van der Waals surface area (Å²) in [4.78, 5) is 33.6. The SMILES string of the molecule is C=CC(=O)N(C)C.C=CC(=O)OCCN(C)C.C=CC(N)=O. The Kier molecular flexibility index (Phi) is 18.6. The first-order valence-electron chi connectivity index (χ1n) is 6.31. The Hall–Kier alpha value is -2.41. The molecule has 2 N–H and O–H groups in total. The molecular weight excluding hydrogens is 286 g/mol. The minimum atomic E-state index is -0.481. The van der Waals surface area contributed by atoms with Gasteiger partial charge in [0.05, 0.1) is 0 Å². The molecular formula is C15H27N3O4. The number of nitrogens with two attached hydrogens (primary N) is 1.